The lowest BCUT2D eigenvalue weighted by molar-refractivity contribution is -0.0498. The van der Waals surface area contributed by atoms with E-state index in [0.717, 1.165) is 12.1 Å². The van der Waals surface area contributed by atoms with Gasteiger partial charge in [-0.05, 0) is 24.2 Å². The topological polar surface area (TPSA) is 21.3 Å². The number of rotatable bonds is 5. The lowest BCUT2D eigenvalue weighted by atomic mass is 10.1. The van der Waals surface area contributed by atoms with Crippen LogP contribution in [0.5, 0.6) is 5.75 Å². The molecule has 86 valence electrons. The Morgan fingerprint density at radius 2 is 2.00 bits per heavy atom. The molecule has 4 heteroatoms. The highest BCUT2D eigenvalue weighted by atomic mass is 19.3. The minimum atomic E-state index is -2.80. The summed E-state index contributed by atoms with van der Waals surface area (Å²) in [5.41, 5.74) is 0.853. The van der Waals surface area contributed by atoms with Crippen molar-refractivity contribution in [2.24, 2.45) is 0 Å². The van der Waals surface area contributed by atoms with E-state index < -0.39 is 6.61 Å². The number of halogens is 2. The molecular formula is C12H13F2NO. The fourth-order valence-electron chi connectivity index (χ4n) is 1.32. The summed E-state index contributed by atoms with van der Waals surface area (Å²) in [6.45, 7) is -0.119. The molecule has 1 N–H and O–H groups in total. The summed E-state index contributed by atoms with van der Waals surface area (Å²) in [7, 11) is 0. The average molecular weight is 225 g/mol. The van der Waals surface area contributed by atoms with Crippen LogP contribution < -0.4 is 10.1 Å². The summed E-state index contributed by atoms with van der Waals surface area (Å²) in [6.07, 6.45) is 5.35. The van der Waals surface area contributed by atoms with Crippen molar-refractivity contribution in [2.75, 3.05) is 6.54 Å². The molecule has 1 atom stereocenters. The molecule has 0 saturated carbocycles. The van der Waals surface area contributed by atoms with Crippen molar-refractivity contribution in [3.8, 4) is 18.1 Å². The quantitative estimate of drug-likeness (QED) is 0.778. The number of alkyl halides is 2. The number of benzene rings is 1. The van der Waals surface area contributed by atoms with E-state index in [0.29, 0.717) is 0 Å². The van der Waals surface area contributed by atoms with Crippen molar-refractivity contribution in [3.63, 3.8) is 0 Å². The molecule has 1 aromatic rings. The molecule has 0 aliphatic carbocycles. The van der Waals surface area contributed by atoms with Crippen LogP contribution in [0, 0.1) is 12.3 Å². The van der Waals surface area contributed by atoms with Crippen molar-refractivity contribution in [3.05, 3.63) is 29.8 Å². The minimum absolute atomic E-state index is 0.131. The molecule has 0 aliphatic rings. The molecule has 0 fully saturated rings. The van der Waals surface area contributed by atoms with Gasteiger partial charge in [-0.2, -0.15) is 8.78 Å². The summed E-state index contributed by atoms with van der Waals surface area (Å²) >= 11 is 0. The van der Waals surface area contributed by atoms with Crippen LogP contribution in [0.25, 0.3) is 0 Å². The van der Waals surface area contributed by atoms with Crippen molar-refractivity contribution in [1.82, 2.24) is 5.32 Å². The Kier molecular flexibility index (Phi) is 4.74. The Labute approximate surface area is 93.6 Å². The summed E-state index contributed by atoms with van der Waals surface area (Å²) in [6, 6.07) is 6.09. The van der Waals surface area contributed by atoms with Crippen molar-refractivity contribution in [2.45, 2.75) is 19.6 Å². The van der Waals surface area contributed by atoms with E-state index in [1.165, 1.54) is 12.1 Å². The number of ether oxygens (including phenoxy) is 1. The predicted octanol–water partition coefficient (Wildman–Crippen LogP) is 2.57. The fourth-order valence-corrected chi connectivity index (χ4v) is 1.32. The molecule has 1 unspecified atom stereocenters. The number of hydrogen-bond donors (Lipinski definition) is 1. The van der Waals surface area contributed by atoms with E-state index in [4.69, 9.17) is 6.42 Å². The number of terminal acetylenes is 1. The highest BCUT2D eigenvalue weighted by molar-refractivity contribution is 5.32. The van der Waals surface area contributed by atoms with E-state index in [9.17, 15) is 8.78 Å². The molecule has 0 spiro atoms. The average Bonchev–Trinajstić information content (AvgIpc) is 2.26. The molecule has 16 heavy (non-hydrogen) atoms. The molecule has 0 amide bonds. The van der Waals surface area contributed by atoms with Crippen LogP contribution >= 0.6 is 0 Å². The minimum Gasteiger partial charge on any atom is -0.435 e. The van der Waals surface area contributed by atoms with Gasteiger partial charge in [0.15, 0.2) is 0 Å². The highest BCUT2D eigenvalue weighted by Crippen LogP contribution is 2.18. The zero-order valence-electron chi connectivity index (χ0n) is 8.91. The lowest BCUT2D eigenvalue weighted by Gasteiger charge is -2.12. The summed E-state index contributed by atoms with van der Waals surface area (Å²) in [5, 5.41) is 3.08. The van der Waals surface area contributed by atoms with Gasteiger partial charge in [0.25, 0.3) is 0 Å². The second kappa shape index (κ2) is 6.09. The second-order valence-corrected chi connectivity index (χ2v) is 3.10. The van der Waals surface area contributed by atoms with Crippen LogP contribution in [0.15, 0.2) is 24.3 Å². The maximum atomic E-state index is 11.9. The standard InChI is InChI=1S/C12H13F2NO/c1-3-11(15-4-2)9-5-7-10(8-6-9)16-12(13)14/h1,5-8,11-12,15H,4H2,2H3. The first kappa shape index (κ1) is 12.5. The molecule has 0 radical (unpaired) electrons. The molecular weight excluding hydrogens is 212 g/mol. The SMILES string of the molecule is C#CC(NCC)c1ccc(OC(F)F)cc1. The normalized spacial score (nSPS) is 12.2. The van der Waals surface area contributed by atoms with Gasteiger partial charge in [-0.25, -0.2) is 0 Å². The zero-order chi connectivity index (χ0) is 12.0. The van der Waals surface area contributed by atoms with Gasteiger partial charge in [0.1, 0.15) is 5.75 Å². The van der Waals surface area contributed by atoms with E-state index in [-0.39, 0.29) is 11.8 Å². The molecule has 0 saturated heterocycles. The molecule has 0 heterocycles. The van der Waals surface area contributed by atoms with Crippen LogP contribution in [0.2, 0.25) is 0 Å². The molecule has 0 bridgehead atoms. The summed E-state index contributed by atoms with van der Waals surface area (Å²) < 4.78 is 28.0. The predicted molar refractivity (Wildman–Crippen MR) is 58.3 cm³/mol. The fraction of sp³-hybridized carbons (Fsp3) is 0.333. The maximum absolute atomic E-state index is 11.9. The van der Waals surface area contributed by atoms with Crippen LogP contribution in [-0.2, 0) is 0 Å². The molecule has 0 aliphatic heterocycles. The van der Waals surface area contributed by atoms with Crippen LogP contribution in [-0.4, -0.2) is 13.2 Å². The Morgan fingerprint density at radius 1 is 1.38 bits per heavy atom. The van der Waals surface area contributed by atoms with Crippen molar-refractivity contribution >= 4 is 0 Å². The van der Waals surface area contributed by atoms with Gasteiger partial charge in [-0.3, -0.25) is 0 Å². The van der Waals surface area contributed by atoms with Crippen molar-refractivity contribution in [1.29, 1.82) is 0 Å². The zero-order valence-corrected chi connectivity index (χ0v) is 8.91. The van der Waals surface area contributed by atoms with Gasteiger partial charge >= 0.3 is 6.61 Å². The van der Waals surface area contributed by atoms with Crippen molar-refractivity contribution < 1.29 is 13.5 Å². The Balaban J connectivity index is 2.74. The van der Waals surface area contributed by atoms with E-state index in [1.54, 1.807) is 12.1 Å². The van der Waals surface area contributed by atoms with Crippen LogP contribution in [0.4, 0.5) is 8.78 Å². The maximum Gasteiger partial charge on any atom is 0.387 e. The smallest absolute Gasteiger partial charge is 0.387 e. The van der Waals surface area contributed by atoms with Crippen LogP contribution in [0.1, 0.15) is 18.5 Å². The van der Waals surface area contributed by atoms with Gasteiger partial charge < -0.3 is 10.1 Å². The second-order valence-electron chi connectivity index (χ2n) is 3.10. The van der Waals surface area contributed by atoms with Gasteiger partial charge in [-0.15, -0.1) is 6.42 Å². The number of hydrogen-bond acceptors (Lipinski definition) is 2. The molecule has 1 rings (SSSR count). The Hall–Kier alpha value is -1.60. The summed E-state index contributed by atoms with van der Waals surface area (Å²) in [5.74, 6) is 2.71. The van der Waals surface area contributed by atoms with Gasteiger partial charge in [0.2, 0.25) is 0 Å². The molecule has 2 nitrogen and oxygen atoms in total. The van der Waals surface area contributed by atoms with E-state index >= 15 is 0 Å². The first-order chi connectivity index (χ1) is 7.67. The highest BCUT2D eigenvalue weighted by Gasteiger charge is 2.08. The lowest BCUT2D eigenvalue weighted by Crippen LogP contribution is -2.19. The summed E-state index contributed by atoms with van der Waals surface area (Å²) in [4.78, 5) is 0. The van der Waals surface area contributed by atoms with E-state index in [2.05, 4.69) is 16.0 Å². The number of nitrogens with one attached hydrogen (secondary N) is 1. The van der Waals surface area contributed by atoms with E-state index in [1.807, 2.05) is 6.92 Å². The largest absolute Gasteiger partial charge is 0.435 e. The monoisotopic (exact) mass is 225 g/mol. The van der Waals surface area contributed by atoms with Gasteiger partial charge in [-0.1, -0.05) is 25.0 Å². The third kappa shape index (κ3) is 3.52. The first-order valence-electron chi connectivity index (χ1n) is 4.91. The van der Waals surface area contributed by atoms with Gasteiger partial charge in [0, 0.05) is 0 Å². The molecule has 0 aromatic heterocycles. The van der Waals surface area contributed by atoms with Gasteiger partial charge in [0.05, 0.1) is 6.04 Å². The first-order valence-corrected chi connectivity index (χ1v) is 4.91. The molecule has 1 aromatic carbocycles. The Morgan fingerprint density at radius 3 is 2.44 bits per heavy atom. The third-order valence-electron chi connectivity index (χ3n) is 2.01. The Bertz CT molecular complexity index is 356. The van der Waals surface area contributed by atoms with Crippen LogP contribution in [0.3, 0.4) is 0 Å². The third-order valence-corrected chi connectivity index (χ3v) is 2.01.